The Balaban J connectivity index is 1.99. The highest BCUT2D eigenvalue weighted by Gasteiger charge is 2.27. The molecule has 1 aliphatic rings. The van der Waals surface area contributed by atoms with Crippen molar-refractivity contribution in [2.75, 3.05) is 19.6 Å². The Morgan fingerprint density at radius 2 is 2.37 bits per heavy atom. The number of nitrogens with one attached hydrogen (secondary N) is 2. The van der Waals surface area contributed by atoms with Crippen LogP contribution in [0, 0.1) is 8.99 Å². The molecule has 0 spiro atoms. The first-order valence-electron chi connectivity index (χ1n) is 6.44. The van der Waals surface area contributed by atoms with Crippen LogP contribution in [0.3, 0.4) is 0 Å². The molecule has 0 bridgehead atoms. The molecule has 1 heterocycles. The van der Waals surface area contributed by atoms with Gasteiger partial charge in [-0.15, -0.1) is 0 Å². The third kappa shape index (κ3) is 4.16. The van der Waals surface area contributed by atoms with Crippen molar-refractivity contribution in [2.24, 2.45) is 5.41 Å². The summed E-state index contributed by atoms with van der Waals surface area (Å²) in [6.07, 6.45) is 2.34. The largest absolute Gasteiger partial charge is 0.351 e. The Hall–Kier alpha value is -0.140. The second kappa shape index (κ2) is 6.54. The van der Waals surface area contributed by atoms with E-state index in [1.165, 1.54) is 6.42 Å². The summed E-state index contributed by atoms with van der Waals surface area (Å²) in [5, 5.41) is 6.46. The normalized spacial score (nSPS) is 23.1. The number of piperidine rings is 1. The lowest BCUT2D eigenvalue weighted by molar-refractivity contribution is 0.0924. The molecule has 1 atom stereocenters. The van der Waals surface area contributed by atoms with Crippen molar-refractivity contribution in [3.63, 3.8) is 0 Å². The highest BCUT2D eigenvalue weighted by molar-refractivity contribution is 14.1. The summed E-state index contributed by atoms with van der Waals surface area (Å²) >= 11 is 5.65. The molecule has 1 aromatic rings. The standard InChI is InChI=1S/C14H18BrIN2O/c1-14(5-2-6-17-8-14)9-18-13(19)11-7-10(16)3-4-12(11)15/h3-4,7,17H,2,5-6,8-9H2,1H3,(H,18,19). The van der Waals surface area contributed by atoms with Crippen LogP contribution in [0.2, 0.25) is 0 Å². The molecule has 2 N–H and O–H groups in total. The predicted molar refractivity (Wildman–Crippen MR) is 89.4 cm³/mol. The Bertz CT molecular complexity index is 473. The van der Waals surface area contributed by atoms with Gasteiger partial charge >= 0.3 is 0 Å². The Kier molecular flexibility index (Phi) is 5.25. The quantitative estimate of drug-likeness (QED) is 0.714. The number of hydrogen-bond donors (Lipinski definition) is 2. The molecular weight excluding hydrogens is 419 g/mol. The van der Waals surface area contributed by atoms with Gasteiger partial charge in [-0.25, -0.2) is 0 Å². The van der Waals surface area contributed by atoms with Crippen LogP contribution in [-0.4, -0.2) is 25.5 Å². The molecule has 0 aliphatic carbocycles. The molecular formula is C14H18BrIN2O. The van der Waals surface area contributed by atoms with Crippen LogP contribution in [0.4, 0.5) is 0 Å². The summed E-state index contributed by atoms with van der Waals surface area (Å²) in [5.74, 6) is -0.00260. The molecule has 0 radical (unpaired) electrons. The first-order valence-corrected chi connectivity index (χ1v) is 8.31. The zero-order chi connectivity index (χ0) is 13.9. The van der Waals surface area contributed by atoms with Crippen LogP contribution in [0.25, 0.3) is 0 Å². The van der Waals surface area contributed by atoms with Crippen LogP contribution >= 0.6 is 38.5 Å². The average Bonchev–Trinajstić information content (AvgIpc) is 2.40. The van der Waals surface area contributed by atoms with Gasteiger partial charge in [0.1, 0.15) is 0 Å². The zero-order valence-electron chi connectivity index (χ0n) is 10.9. The van der Waals surface area contributed by atoms with E-state index >= 15 is 0 Å². The van der Waals surface area contributed by atoms with E-state index < -0.39 is 0 Å². The Labute approximate surface area is 136 Å². The lowest BCUT2D eigenvalue weighted by atomic mass is 9.83. The average molecular weight is 437 g/mol. The molecule has 1 aromatic carbocycles. The molecule has 0 saturated carbocycles. The molecule has 1 unspecified atom stereocenters. The summed E-state index contributed by atoms with van der Waals surface area (Å²) in [6, 6.07) is 5.80. The van der Waals surface area contributed by atoms with Gasteiger partial charge in [-0.3, -0.25) is 4.79 Å². The smallest absolute Gasteiger partial charge is 0.252 e. The molecule has 1 aliphatic heterocycles. The van der Waals surface area contributed by atoms with Crippen LogP contribution < -0.4 is 10.6 Å². The number of amides is 1. The van der Waals surface area contributed by atoms with Crippen molar-refractivity contribution >= 4 is 44.4 Å². The van der Waals surface area contributed by atoms with Crippen molar-refractivity contribution in [1.29, 1.82) is 0 Å². The van der Waals surface area contributed by atoms with Crippen molar-refractivity contribution in [2.45, 2.75) is 19.8 Å². The topological polar surface area (TPSA) is 41.1 Å². The van der Waals surface area contributed by atoms with Gasteiger partial charge in [0.05, 0.1) is 5.56 Å². The molecule has 3 nitrogen and oxygen atoms in total. The van der Waals surface area contributed by atoms with Gasteiger partial charge in [-0.05, 0) is 81.5 Å². The van der Waals surface area contributed by atoms with Crippen molar-refractivity contribution < 1.29 is 4.79 Å². The van der Waals surface area contributed by atoms with E-state index in [0.29, 0.717) is 5.56 Å². The molecule has 1 amide bonds. The van der Waals surface area contributed by atoms with Gasteiger partial charge in [-0.2, -0.15) is 0 Å². The highest BCUT2D eigenvalue weighted by atomic mass is 127. The minimum Gasteiger partial charge on any atom is -0.351 e. The van der Waals surface area contributed by atoms with Gasteiger partial charge in [0.25, 0.3) is 5.91 Å². The summed E-state index contributed by atoms with van der Waals surface area (Å²) in [6.45, 7) is 5.01. The molecule has 104 valence electrons. The number of halogens is 2. The summed E-state index contributed by atoms with van der Waals surface area (Å²) in [7, 11) is 0. The number of carbonyl (C=O) groups excluding carboxylic acids is 1. The summed E-state index contributed by atoms with van der Waals surface area (Å²) in [5.41, 5.74) is 0.877. The van der Waals surface area contributed by atoms with E-state index in [1.807, 2.05) is 18.2 Å². The fourth-order valence-corrected chi connectivity index (χ4v) is 3.25. The zero-order valence-corrected chi connectivity index (χ0v) is 14.7. The van der Waals surface area contributed by atoms with Gasteiger partial charge in [0.2, 0.25) is 0 Å². The fraction of sp³-hybridized carbons (Fsp3) is 0.500. The van der Waals surface area contributed by atoms with Crippen LogP contribution in [0.1, 0.15) is 30.1 Å². The number of benzene rings is 1. The molecule has 5 heteroatoms. The van der Waals surface area contributed by atoms with Crippen LogP contribution in [-0.2, 0) is 0 Å². The maximum Gasteiger partial charge on any atom is 0.252 e. The third-order valence-electron chi connectivity index (χ3n) is 3.53. The molecule has 1 saturated heterocycles. The minimum atomic E-state index is -0.00260. The van der Waals surface area contributed by atoms with Crippen molar-refractivity contribution in [3.8, 4) is 0 Å². The highest BCUT2D eigenvalue weighted by Crippen LogP contribution is 2.25. The summed E-state index contributed by atoms with van der Waals surface area (Å²) < 4.78 is 1.91. The molecule has 19 heavy (non-hydrogen) atoms. The van der Waals surface area contributed by atoms with Crippen LogP contribution in [0.15, 0.2) is 22.7 Å². The number of hydrogen-bond acceptors (Lipinski definition) is 2. The second-order valence-corrected chi connectivity index (χ2v) is 7.50. The maximum absolute atomic E-state index is 12.2. The van der Waals surface area contributed by atoms with Crippen molar-refractivity contribution in [1.82, 2.24) is 10.6 Å². The molecule has 1 fully saturated rings. The van der Waals surface area contributed by atoms with E-state index in [1.54, 1.807) is 0 Å². The van der Waals surface area contributed by atoms with Crippen LogP contribution in [0.5, 0.6) is 0 Å². The number of rotatable bonds is 3. The number of carbonyl (C=O) groups is 1. The van der Waals surface area contributed by atoms with Gasteiger partial charge in [-0.1, -0.05) is 6.92 Å². The minimum absolute atomic E-state index is 0.00260. The second-order valence-electron chi connectivity index (χ2n) is 5.40. The van der Waals surface area contributed by atoms with E-state index in [2.05, 4.69) is 56.1 Å². The first kappa shape index (κ1) is 15.3. The first-order chi connectivity index (χ1) is 9.00. The lowest BCUT2D eigenvalue weighted by Crippen LogP contribution is -2.45. The molecule has 2 rings (SSSR count). The Morgan fingerprint density at radius 1 is 1.58 bits per heavy atom. The fourth-order valence-electron chi connectivity index (χ4n) is 2.33. The van der Waals surface area contributed by atoms with E-state index in [4.69, 9.17) is 0 Å². The van der Waals surface area contributed by atoms with E-state index in [9.17, 15) is 4.79 Å². The lowest BCUT2D eigenvalue weighted by Gasteiger charge is -2.34. The monoisotopic (exact) mass is 436 g/mol. The Morgan fingerprint density at radius 3 is 3.05 bits per heavy atom. The van der Waals surface area contributed by atoms with Gasteiger partial charge in [0, 0.05) is 21.1 Å². The third-order valence-corrected chi connectivity index (χ3v) is 4.90. The van der Waals surface area contributed by atoms with Gasteiger partial charge < -0.3 is 10.6 Å². The van der Waals surface area contributed by atoms with Crippen molar-refractivity contribution in [3.05, 3.63) is 31.8 Å². The molecule has 0 aromatic heterocycles. The predicted octanol–water partition coefficient (Wildman–Crippen LogP) is 3.17. The maximum atomic E-state index is 12.2. The van der Waals surface area contributed by atoms with E-state index in [-0.39, 0.29) is 11.3 Å². The SMILES string of the molecule is CC1(CNC(=O)c2cc(I)ccc2Br)CCCNC1. The summed E-state index contributed by atoms with van der Waals surface area (Å²) in [4.78, 5) is 12.2. The van der Waals surface area contributed by atoms with E-state index in [0.717, 1.165) is 34.1 Å². The van der Waals surface area contributed by atoms with Gasteiger partial charge in [0.15, 0.2) is 0 Å².